The minimum absolute atomic E-state index is 0.149. The number of carbonyl (C=O) groups excluding carboxylic acids is 1. The highest BCUT2D eigenvalue weighted by Gasteiger charge is 2.19. The number of nitrogens with one attached hydrogen (secondary N) is 1. The van der Waals surface area contributed by atoms with Crippen molar-refractivity contribution in [3.05, 3.63) is 82.5 Å². The van der Waals surface area contributed by atoms with E-state index in [0.717, 1.165) is 12.1 Å². The number of carbonyl (C=O) groups is 1. The first-order valence-corrected chi connectivity index (χ1v) is 7.04. The fourth-order valence-electron chi connectivity index (χ4n) is 2.16. The Hall–Kier alpha value is -3.41. The van der Waals surface area contributed by atoms with E-state index in [9.17, 15) is 19.1 Å². The largest absolute Gasteiger partial charge is 0.507 e. The third kappa shape index (κ3) is 3.17. The minimum Gasteiger partial charge on any atom is -0.507 e. The van der Waals surface area contributed by atoms with Gasteiger partial charge >= 0.3 is 5.63 Å². The first-order chi connectivity index (χ1) is 11.5. The van der Waals surface area contributed by atoms with Crippen LogP contribution in [-0.4, -0.2) is 11.0 Å². The summed E-state index contributed by atoms with van der Waals surface area (Å²) in [6, 6.07) is 14.9. The summed E-state index contributed by atoms with van der Waals surface area (Å²) in [5.74, 6) is -1.64. The molecule has 5 nitrogen and oxygen atoms in total. The topological polar surface area (TPSA) is 79.5 Å². The van der Waals surface area contributed by atoms with Gasteiger partial charge in [0.15, 0.2) is 5.56 Å². The Balaban J connectivity index is 1.92. The van der Waals surface area contributed by atoms with E-state index in [-0.39, 0.29) is 11.4 Å². The Morgan fingerprint density at radius 1 is 1.04 bits per heavy atom. The zero-order valence-corrected chi connectivity index (χ0v) is 12.3. The molecule has 2 N–H and O–H groups in total. The molecule has 24 heavy (non-hydrogen) atoms. The van der Waals surface area contributed by atoms with Gasteiger partial charge in [-0.2, -0.15) is 0 Å². The van der Waals surface area contributed by atoms with Gasteiger partial charge in [-0.15, -0.1) is 0 Å². The molecule has 0 spiro atoms. The lowest BCUT2D eigenvalue weighted by atomic mass is 10.1. The zero-order valence-electron chi connectivity index (χ0n) is 12.3. The Kier molecular flexibility index (Phi) is 4.11. The number of halogens is 1. The van der Waals surface area contributed by atoms with Crippen LogP contribution >= 0.6 is 0 Å². The third-order valence-corrected chi connectivity index (χ3v) is 3.32. The number of amides is 1. The smallest absolute Gasteiger partial charge is 0.353 e. The number of benzene rings is 2. The van der Waals surface area contributed by atoms with E-state index >= 15 is 0 Å². The van der Waals surface area contributed by atoms with Crippen molar-refractivity contribution in [3.63, 3.8) is 0 Å². The summed E-state index contributed by atoms with van der Waals surface area (Å²) in [6.07, 6.45) is 0. The molecular weight excluding hydrogens is 313 g/mol. The summed E-state index contributed by atoms with van der Waals surface area (Å²) in [5.41, 5.74) is -0.602. The Morgan fingerprint density at radius 2 is 1.71 bits per heavy atom. The Morgan fingerprint density at radius 3 is 2.33 bits per heavy atom. The van der Waals surface area contributed by atoms with Crippen molar-refractivity contribution in [2.24, 2.45) is 0 Å². The maximum Gasteiger partial charge on any atom is 0.353 e. The monoisotopic (exact) mass is 325 g/mol. The fourth-order valence-corrected chi connectivity index (χ4v) is 2.16. The second-order valence-corrected chi connectivity index (χ2v) is 4.99. The van der Waals surface area contributed by atoms with Gasteiger partial charge in [0.25, 0.3) is 5.91 Å². The van der Waals surface area contributed by atoms with Crippen molar-refractivity contribution in [2.75, 3.05) is 5.32 Å². The quantitative estimate of drug-likeness (QED) is 0.773. The molecule has 0 bridgehead atoms. The van der Waals surface area contributed by atoms with E-state index < -0.39 is 28.7 Å². The number of anilines is 1. The summed E-state index contributed by atoms with van der Waals surface area (Å²) < 4.78 is 18.0. The highest BCUT2D eigenvalue weighted by molar-refractivity contribution is 6.05. The van der Waals surface area contributed by atoms with Gasteiger partial charge in [0, 0.05) is 17.3 Å². The molecule has 3 aromatic rings. The minimum atomic E-state index is -0.964. The second kappa shape index (κ2) is 6.37. The van der Waals surface area contributed by atoms with Crippen molar-refractivity contribution < 1.29 is 18.7 Å². The van der Waals surface area contributed by atoms with Gasteiger partial charge in [-0.05, 0) is 24.3 Å². The van der Waals surface area contributed by atoms with E-state index in [1.807, 2.05) is 0 Å². The van der Waals surface area contributed by atoms with Crippen molar-refractivity contribution in [3.8, 4) is 17.1 Å². The predicted molar refractivity (Wildman–Crippen MR) is 86.4 cm³/mol. The summed E-state index contributed by atoms with van der Waals surface area (Å²) >= 11 is 0. The van der Waals surface area contributed by atoms with Gasteiger partial charge in [0.2, 0.25) is 0 Å². The molecule has 0 atom stereocenters. The second-order valence-electron chi connectivity index (χ2n) is 4.99. The molecule has 2 aromatic carbocycles. The molecule has 0 saturated carbocycles. The van der Waals surface area contributed by atoms with Crippen molar-refractivity contribution in [1.82, 2.24) is 0 Å². The van der Waals surface area contributed by atoms with Gasteiger partial charge in [0.1, 0.15) is 17.3 Å². The predicted octanol–water partition coefficient (Wildman–Crippen LogP) is 3.40. The van der Waals surface area contributed by atoms with Crippen LogP contribution in [0.5, 0.6) is 5.75 Å². The summed E-state index contributed by atoms with van der Waals surface area (Å²) in [7, 11) is 0. The lowest BCUT2D eigenvalue weighted by Crippen LogP contribution is -2.21. The zero-order chi connectivity index (χ0) is 17.1. The molecule has 1 heterocycles. The van der Waals surface area contributed by atoms with E-state index in [0.29, 0.717) is 5.56 Å². The number of rotatable bonds is 3. The molecule has 0 saturated heterocycles. The highest BCUT2D eigenvalue weighted by atomic mass is 19.1. The van der Waals surface area contributed by atoms with Crippen LogP contribution in [0.3, 0.4) is 0 Å². The van der Waals surface area contributed by atoms with Crippen molar-refractivity contribution >= 4 is 11.6 Å². The van der Waals surface area contributed by atoms with E-state index in [1.54, 1.807) is 30.3 Å². The number of aromatic hydroxyl groups is 1. The van der Waals surface area contributed by atoms with Crippen LogP contribution < -0.4 is 10.9 Å². The van der Waals surface area contributed by atoms with Gasteiger partial charge < -0.3 is 14.8 Å². The van der Waals surface area contributed by atoms with Crippen LogP contribution in [0.2, 0.25) is 0 Å². The Labute approximate surface area is 136 Å². The first-order valence-electron chi connectivity index (χ1n) is 7.04. The van der Waals surface area contributed by atoms with Gasteiger partial charge in [-0.1, -0.05) is 30.3 Å². The fraction of sp³-hybridized carbons (Fsp3) is 0. The molecule has 6 heteroatoms. The average molecular weight is 325 g/mol. The van der Waals surface area contributed by atoms with Crippen LogP contribution in [0.15, 0.2) is 69.9 Å². The molecule has 0 fully saturated rings. The molecule has 0 aliphatic heterocycles. The molecule has 1 amide bonds. The molecule has 0 aliphatic rings. The van der Waals surface area contributed by atoms with E-state index in [2.05, 4.69) is 5.32 Å². The van der Waals surface area contributed by atoms with Crippen LogP contribution in [0.1, 0.15) is 10.4 Å². The molecule has 0 radical (unpaired) electrons. The Bertz CT molecular complexity index is 933. The van der Waals surface area contributed by atoms with Crippen molar-refractivity contribution in [2.45, 2.75) is 0 Å². The third-order valence-electron chi connectivity index (χ3n) is 3.32. The lowest BCUT2D eigenvalue weighted by Gasteiger charge is -2.07. The molecule has 3 rings (SSSR count). The molecular formula is C18H12FNO4. The van der Waals surface area contributed by atoms with Crippen LogP contribution in [-0.2, 0) is 0 Å². The van der Waals surface area contributed by atoms with E-state index in [1.165, 1.54) is 18.2 Å². The van der Waals surface area contributed by atoms with Gasteiger partial charge in [0.05, 0.1) is 0 Å². The van der Waals surface area contributed by atoms with Gasteiger partial charge in [-0.3, -0.25) is 4.79 Å². The van der Waals surface area contributed by atoms with Gasteiger partial charge in [-0.25, -0.2) is 9.18 Å². The van der Waals surface area contributed by atoms with Crippen LogP contribution in [0, 0.1) is 5.82 Å². The molecule has 1 aromatic heterocycles. The maximum absolute atomic E-state index is 12.9. The lowest BCUT2D eigenvalue weighted by molar-refractivity contribution is 0.102. The summed E-state index contributed by atoms with van der Waals surface area (Å²) in [6.45, 7) is 0. The maximum atomic E-state index is 12.9. The van der Waals surface area contributed by atoms with Crippen LogP contribution in [0.4, 0.5) is 10.1 Å². The van der Waals surface area contributed by atoms with Crippen LogP contribution in [0.25, 0.3) is 11.3 Å². The number of hydrogen-bond donors (Lipinski definition) is 2. The number of hydrogen-bond acceptors (Lipinski definition) is 4. The average Bonchev–Trinajstić information content (AvgIpc) is 2.57. The summed E-state index contributed by atoms with van der Waals surface area (Å²) in [5, 5.41) is 12.4. The standard InChI is InChI=1S/C18H12FNO4/c19-12-6-8-13(9-7-12)20-17(22)16-14(21)10-15(24-18(16)23)11-4-2-1-3-5-11/h1-10,21H,(H,20,22). The SMILES string of the molecule is O=C(Nc1ccc(F)cc1)c1c(O)cc(-c2ccccc2)oc1=O. The molecule has 0 aliphatic carbocycles. The van der Waals surface area contributed by atoms with E-state index in [4.69, 9.17) is 4.42 Å². The normalized spacial score (nSPS) is 10.4. The van der Waals surface area contributed by atoms with Crippen molar-refractivity contribution in [1.29, 1.82) is 0 Å². The molecule has 120 valence electrons. The molecule has 0 unspecified atom stereocenters. The summed E-state index contributed by atoms with van der Waals surface area (Å²) in [4.78, 5) is 24.2. The highest BCUT2D eigenvalue weighted by Crippen LogP contribution is 2.24. The first kappa shape index (κ1) is 15.5.